The lowest BCUT2D eigenvalue weighted by Gasteiger charge is -1.95. The van der Waals surface area contributed by atoms with Crippen molar-refractivity contribution >= 4 is 17.1 Å². The molecule has 0 bridgehead atoms. The third-order valence-electron chi connectivity index (χ3n) is 1.55. The molecular formula is C6H5N3O3. The number of fused-ring (bicyclic) bond motifs is 1. The molecule has 1 aliphatic heterocycles. The highest BCUT2D eigenvalue weighted by Gasteiger charge is 2.21. The van der Waals surface area contributed by atoms with Crippen LogP contribution in [0.3, 0.4) is 0 Å². The van der Waals surface area contributed by atoms with Gasteiger partial charge < -0.3 is 0 Å². The van der Waals surface area contributed by atoms with E-state index in [2.05, 4.69) is 15.9 Å². The molecular weight excluding hydrogens is 162 g/mol. The highest BCUT2D eigenvalue weighted by Crippen LogP contribution is 2.35. The Labute approximate surface area is 67.2 Å². The van der Waals surface area contributed by atoms with Gasteiger partial charge in [0.15, 0.2) is 5.69 Å². The number of anilines is 2. The Morgan fingerprint density at radius 1 is 1.42 bits per heavy atom. The second kappa shape index (κ2) is 2.35. The molecule has 0 aliphatic carbocycles. The zero-order chi connectivity index (χ0) is 8.55. The van der Waals surface area contributed by atoms with Gasteiger partial charge in [0.2, 0.25) is 0 Å². The second-order valence-corrected chi connectivity index (χ2v) is 2.26. The quantitative estimate of drug-likeness (QED) is 0.486. The first-order valence-corrected chi connectivity index (χ1v) is 3.24. The maximum absolute atomic E-state index is 10.4. The number of nitro groups is 1. The predicted octanol–water partition coefficient (Wildman–Crippen LogP) is 1.28. The van der Waals surface area contributed by atoms with Crippen LogP contribution in [-0.4, -0.2) is 4.92 Å². The number of benzene rings is 1. The van der Waals surface area contributed by atoms with Crippen molar-refractivity contribution in [2.45, 2.75) is 0 Å². The average Bonchev–Trinajstić information content (AvgIpc) is 2.49. The zero-order valence-electron chi connectivity index (χ0n) is 5.90. The van der Waals surface area contributed by atoms with E-state index in [4.69, 9.17) is 0 Å². The van der Waals surface area contributed by atoms with Gasteiger partial charge in [-0.2, -0.15) is 4.94 Å². The van der Waals surface area contributed by atoms with Gasteiger partial charge >= 0.3 is 0 Å². The number of hydrogen-bond acceptors (Lipinski definition) is 5. The first kappa shape index (κ1) is 6.86. The summed E-state index contributed by atoms with van der Waals surface area (Å²) in [5.41, 5.74) is 5.81. The molecule has 1 aromatic carbocycles. The molecule has 0 saturated carbocycles. The molecule has 2 rings (SSSR count). The minimum atomic E-state index is -0.470. The molecule has 0 fully saturated rings. The molecule has 12 heavy (non-hydrogen) atoms. The summed E-state index contributed by atoms with van der Waals surface area (Å²) in [5.74, 6) is 0. The number of rotatable bonds is 1. The van der Waals surface area contributed by atoms with Crippen molar-refractivity contribution in [1.29, 1.82) is 0 Å². The minimum absolute atomic E-state index is 0.00231. The highest BCUT2D eigenvalue weighted by molar-refractivity contribution is 5.78. The summed E-state index contributed by atoms with van der Waals surface area (Å²) < 4.78 is 0. The average molecular weight is 167 g/mol. The van der Waals surface area contributed by atoms with Crippen molar-refractivity contribution < 1.29 is 9.86 Å². The van der Waals surface area contributed by atoms with Gasteiger partial charge in [-0.3, -0.25) is 10.1 Å². The minimum Gasteiger partial charge on any atom is -0.258 e. The van der Waals surface area contributed by atoms with Gasteiger partial charge in [-0.25, -0.2) is 11.0 Å². The van der Waals surface area contributed by atoms with Gasteiger partial charge in [0.25, 0.3) is 5.69 Å². The van der Waals surface area contributed by atoms with Crippen LogP contribution in [0, 0.1) is 10.1 Å². The van der Waals surface area contributed by atoms with Crippen LogP contribution in [0.25, 0.3) is 0 Å². The van der Waals surface area contributed by atoms with E-state index in [0.29, 0.717) is 11.4 Å². The van der Waals surface area contributed by atoms with Crippen LogP contribution in [0.2, 0.25) is 0 Å². The summed E-state index contributed by atoms with van der Waals surface area (Å²) in [4.78, 5) is 14.6. The maximum atomic E-state index is 10.4. The van der Waals surface area contributed by atoms with Crippen molar-refractivity contribution in [3.8, 4) is 0 Å². The highest BCUT2D eigenvalue weighted by atomic mass is 16.8. The summed E-state index contributed by atoms with van der Waals surface area (Å²) >= 11 is 0. The molecule has 0 amide bonds. The van der Waals surface area contributed by atoms with E-state index in [1.54, 1.807) is 12.1 Å². The van der Waals surface area contributed by atoms with Crippen molar-refractivity contribution in [1.82, 2.24) is 0 Å². The largest absolute Gasteiger partial charge is 0.296 e. The molecule has 62 valence electrons. The molecule has 1 aliphatic rings. The Morgan fingerprint density at radius 2 is 2.25 bits per heavy atom. The summed E-state index contributed by atoms with van der Waals surface area (Å²) in [5, 5.41) is 10.4. The molecule has 2 N–H and O–H groups in total. The lowest BCUT2D eigenvalue weighted by molar-refractivity contribution is -0.384. The van der Waals surface area contributed by atoms with Gasteiger partial charge in [-0.1, -0.05) is 6.07 Å². The molecule has 0 aromatic heterocycles. The van der Waals surface area contributed by atoms with Gasteiger partial charge in [-0.05, 0) is 6.07 Å². The predicted molar refractivity (Wildman–Crippen MR) is 41.4 cm³/mol. The van der Waals surface area contributed by atoms with Crippen LogP contribution in [0.15, 0.2) is 18.2 Å². The fraction of sp³-hybridized carbons (Fsp3) is 0. The van der Waals surface area contributed by atoms with Gasteiger partial charge in [0.05, 0.1) is 10.6 Å². The lowest BCUT2D eigenvalue weighted by Crippen LogP contribution is -1.96. The Kier molecular flexibility index (Phi) is 1.34. The number of nitrogens with zero attached hydrogens (tertiary/aromatic N) is 1. The summed E-state index contributed by atoms with van der Waals surface area (Å²) in [6, 6.07) is 4.67. The Balaban J connectivity index is 2.56. The first-order chi connectivity index (χ1) is 5.79. The van der Waals surface area contributed by atoms with E-state index >= 15 is 0 Å². The van der Waals surface area contributed by atoms with Crippen molar-refractivity contribution in [3.05, 3.63) is 28.3 Å². The third kappa shape index (κ3) is 0.857. The van der Waals surface area contributed by atoms with E-state index in [9.17, 15) is 10.1 Å². The normalized spacial score (nSPS) is 13.0. The summed E-state index contributed by atoms with van der Waals surface area (Å²) in [6.07, 6.45) is 0. The summed E-state index contributed by atoms with van der Waals surface area (Å²) in [7, 11) is 0. The van der Waals surface area contributed by atoms with Crippen molar-refractivity contribution in [3.63, 3.8) is 0 Å². The van der Waals surface area contributed by atoms with Gasteiger partial charge in [0, 0.05) is 6.07 Å². The van der Waals surface area contributed by atoms with Gasteiger partial charge in [-0.15, -0.1) is 0 Å². The number of nitro benzene ring substituents is 1. The van der Waals surface area contributed by atoms with Crippen LogP contribution < -0.4 is 11.0 Å². The van der Waals surface area contributed by atoms with E-state index in [-0.39, 0.29) is 5.69 Å². The molecule has 0 atom stereocenters. The fourth-order valence-electron chi connectivity index (χ4n) is 1.02. The Hall–Kier alpha value is -1.82. The van der Waals surface area contributed by atoms with Crippen LogP contribution in [-0.2, 0) is 4.94 Å². The SMILES string of the molecule is O=[N+]([O-])c1cccc2c1NON2. The summed E-state index contributed by atoms with van der Waals surface area (Å²) in [6.45, 7) is 0. The third-order valence-corrected chi connectivity index (χ3v) is 1.55. The molecule has 6 heteroatoms. The standard InChI is InChI=1S/C6H5N3O3/c10-9(11)5-3-1-2-4-6(5)8-12-7-4/h1-3,7-8H. The van der Waals surface area contributed by atoms with Crippen molar-refractivity contribution in [2.24, 2.45) is 0 Å². The smallest absolute Gasteiger partial charge is 0.258 e. The van der Waals surface area contributed by atoms with E-state index in [0.717, 1.165) is 0 Å². The molecule has 0 radical (unpaired) electrons. The maximum Gasteiger partial charge on any atom is 0.296 e. The molecule has 0 spiro atoms. The monoisotopic (exact) mass is 167 g/mol. The molecule has 1 aromatic rings. The van der Waals surface area contributed by atoms with E-state index in [1.807, 2.05) is 0 Å². The number of para-hydroxylation sites is 1. The number of nitrogens with one attached hydrogen (secondary N) is 2. The topological polar surface area (TPSA) is 76.4 Å². The van der Waals surface area contributed by atoms with Crippen LogP contribution >= 0.6 is 0 Å². The van der Waals surface area contributed by atoms with Crippen LogP contribution in [0.1, 0.15) is 0 Å². The Bertz CT molecular complexity index is 339. The molecule has 0 saturated heterocycles. The fourth-order valence-corrected chi connectivity index (χ4v) is 1.02. The lowest BCUT2D eigenvalue weighted by atomic mass is 10.2. The molecule has 1 heterocycles. The molecule has 6 nitrogen and oxygen atoms in total. The van der Waals surface area contributed by atoms with Crippen LogP contribution in [0.4, 0.5) is 17.1 Å². The van der Waals surface area contributed by atoms with Crippen LogP contribution in [0.5, 0.6) is 0 Å². The zero-order valence-corrected chi connectivity index (χ0v) is 5.90. The second-order valence-electron chi connectivity index (χ2n) is 2.26. The Morgan fingerprint density at radius 3 is 3.00 bits per heavy atom. The first-order valence-electron chi connectivity index (χ1n) is 3.24. The number of hydrogen-bond donors (Lipinski definition) is 2. The van der Waals surface area contributed by atoms with E-state index < -0.39 is 4.92 Å². The van der Waals surface area contributed by atoms with Gasteiger partial charge in [0.1, 0.15) is 0 Å². The van der Waals surface area contributed by atoms with Crippen molar-refractivity contribution in [2.75, 3.05) is 11.0 Å². The molecule has 0 unspecified atom stereocenters. The van der Waals surface area contributed by atoms with E-state index in [1.165, 1.54) is 6.07 Å².